The van der Waals surface area contributed by atoms with E-state index in [1.165, 1.54) is 9.80 Å². The largest absolute Gasteiger partial charge is 0.328 e. The molecule has 2 heterocycles. The Kier molecular flexibility index (Phi) is 8.80. The highest BCUT2D eigenvalue weighted by Crippen LogP contribution is 2.38. The summed E-state index contributed by atoms with van der Waals surface area (Å²) in [4.78, 5) is 56.8. The molecule has 0 atom stereocenters. The summed E-state index contributed by atoms with van der Waals surface area (Å²) in [5, 5.41) is 0.887. The summed E-state index contributed by atoms with van der Waals surface area (Å²) < 4.78 is 1.69. The van der Waals surface area contributed by atoms with Crippen LogP contribution in [0.4, 0.5) is 0 Å². The molecule has 0 saturated carbocycles. The smallest absolute Gasteiger partial charge is 0.261 e. The molecule has 0 radical (unpaired) electrons. The zero-order chi connectivity index (χ0) is 29.2. The summed E-state index contributed by atoms with van der Waals surface area (Å²) in [5.41, 5.74) is 1.55. The molecule has 0 spiro atoms. The fraction of sp³-hybridized carbons (Fsp3) is 0.562. The van der Waals surface area contributed by atoms with E-state index >= 15 is 0 Å². The van der Waals surface area contributed by atoms with Gasteiger partial charge in [-0.1, -0.05) is 26.7 Å². The van der Waals surface area contributed by atoms with E-state index in [0.717, 1.165) is 60.8 Å². The molecule has 2 aliphatic rings. The lowest BCUT2D eigenvalue weighted by atomic mass is 9.86. The molecule has 0 fully saturated rings. The van der Waals surface area contributed by atoms with E-state index in [0.29, 0.717) is 59.0 Å². The van der Waals surface area contributed by atoms with Crippen molar-refractivity contribution in [2.45, 2.75) is 52.4 Å². The Bertz CT molecular complexity index is 1160. The maximum atomic E-state index is 13.5. The summed E-state index contributed by atoms with van der Waals surface area (Å²) in [5.74, 6) is -1.41. The third-order valence-corrected chi connectivity index (χ3v) is 8.59. The Morgan fingerprint density at radius 2 is 0.775 bits per heavy atom. The van der Waals surface area contributed by atoms with Crippen LogP contribution in [0, 0.1) is 0 Å². The summed E-state index contributed by atoms with van der Waals surface area (Å²) in [6.07, 6.45) is 5.97. The number of rotatable bonds is 14. The van der Waals surface area contributed by atoms with E-state index in [2.05, 4.69) is 42.0 Å². The van der Waals surface area contributed by atoms with Crippen molar-refractivity contribution in [1.29, 1.82) is 0 Å². The number of benzene rings is 2. The number of carbonyl (C=O) groups excluding carboxylic acids is 4. The Hall–Kier alpha value is -3.10. The van der Waals surface area contributed by atoms with E-state index < -0.39 is 0 Å². The van der Waals surface area contributed by atoms with Crippen LogP contribution in [0.2, 0.25) is 0 Å². The van der Waals surface area contributed by atoms with Gasteiger partial charge in [0, 0.05) is 59.0 Å². The molecule has 0 bridgehead atoms. The molecule has 0 N–H and O–H groups in total. The van der Waals surface area contributed by atoms with Crippen LogP contribution in [0.3, 0.4) is 0 Å². The Morgan fingerprint density at radius 3 is 1.05 bits per heavy atom. The van der Waals surface area contributed by atoms with Gasteiger partial charge in [-0.2, -0.15) is 0 Å². The van der Waals surface area contributed by atoms with Crippen LogP contribution >= 0.6 is 0 Å². The van der Waals surface area contributed by atoms with E-state index in [1.807, 2.05) is 0 Å². The highest BCUT2D eigenvalue weighted by Gasteiger charge is 2.39. The Morgan fingerprint density at radius 1 is 0.500 bits per heavy atom. The first-order valence-electron chi connectivity index (χ1n) is 14.9. The summed E-state index contributed by atoms with van der Waals surface area (Å²) in [7, 11) is 8.71. The third kappa shape index (κ3) is 5.84. The highest BCUT2D eigenvalue weighted by atomic mass is 16.2. The number of imide groups is 2. The van der Waals surface area contributed by atoms with E-state index in [9.17, 15) is 19.2 Å². The van der Waals surface area contributed by atoms with Gasteiger partial charge in [0.15, 0.2) is 0 Å². The van der Waals surface area contributed by atoms with Gasteiger partial charge in [-0.15, -0.1) is 0 Å². The van der Waals surface area contributed by atoms with Gasteiger partial charge in [0.1, 0.15) is 0 Å². The highest BCUT2D eigenvalue weighted by molar-refractivity contribution is 6.33. The van der Waals surface area contributed by atoms with Crippen molar-refractivity contribution in [2.24, 2.45) is 0 Å². The molecule has 2 aliphatic heterocycles. The quantitative estimate of drug-likeness (QED) is 0.255. The van der Waals surface area contributed by atoms with Crippen molar-refractivity contribution in [1.82, 2.24) is 9.80 Å². The van der Waals surface area contributed by atoms with Crippen molar-refractivity contribution in [3.05, 3.63) is 46.5 Å². The van der Waals surface area contributed by atoms with E-state index in [-0.39, 0.29) is 23.6 Å². The summed E-state index contributed by atoms with van der Waals surface area (Å²) in [6.45, 7) is 8.88. The van der Waals surface area contributed by atoms with Crippen molar-refractivity contribution >= 4 is 34.4 Å². The maximum Gasteiger partial charge on any atom is 0.261 e. The minimum Gasteiger partial charge on any atom is -0.328 e. The second-order valence-electron chi connectivity index (χ2n) is 12.8. The molecule has 4 rings (SSSR count). The normalized spacial score (nSPS) is 15.6. The molecule has 4 amide bonds. The van der Waals surface area contributed by atoms with Gasteiger partial charge < -0.3 is 8.97 Å². The molecular formula is C32H46N4O4+2. The second kappa shape index (κ2) is 11.8. The van der Waals surface area contributed by atoms with Crippen molar-refractivity contribution in [2.75, 3.05) is 67.5 Å². The molecule has 0 saturated heterocycles. The lowest BCUT2D eigenvalue weighted by molar-refractivity contribution is -0.890. The van der Waals surface area contributed by atoms with Crippen molar-refractivity contribution < 1.29 is 28.1 Å². The number of quaternary nitrogens is 2. The first-order chi connectivity index (χ1) is 18.9. The molecule has 0 aliphatic carbocycles. The van der Waals surface area contributed by atoms with Gasteiger partial charge in [0.25, 0.3) is 23.6 Å². The molecule has 2 aromatic rings. The van der Waals surface area contributed by atoms with Crippen molar-refractivity contribution in [3.63, 3.8) is 0 Å². The summed E-state index contributed by atoms with van der Waals surface area (Å²) in [6, 6.07) is 6.63. The standard InChI is InChI=1S/C32H46N4O4/c1-7-9-19-35(3,4)21-11-17-33-29(37)23-13-15-25-28-26(16-14-24(27(23)28)30(33)38)32(40)34(31(25)39)18-12-22-36(5,6)20-10-8-2/h13-16H,7-12,17-22H2,1-6H3/q+2. The fourth-order valence-corrected chi connectivity index (χ4v) is 6.09. The van der Waals surface area contributed by atoms with Crippen molar-refractivity contribution in [3.8, 4) is 0 Å². The van der Waals surface area contributed by atoms with Crippen LogP contribution in [0.25, 0.3) is 10.8 Å². The number of unbranched alkanes of at least 4 members (excludes halogenated alkanes) is 2. The second-order valence-corrected chi connectivity index (χ2v) is 12.8. The molecular weight excluding hydrogens is 504 g/mol. The minimum atomic E-state index is -0.352. The molecule has 2 aromatic carbocycles. The summed E-state index contributed by atoms with van der Waals surface area (Å²) >= 11 is 0. The lowest BCUT2D eigenvalue weighted by Crippen LogP contribution is -2.46. The fourth-order valence-electron chi connectivity index (χ4n) is 6.09. The van der Waals surface area contributed by atoms with E-state index in [1.54, 1.807) is 24.3 Å². The van der Waals surface area contributed by atoms with Crippen LogP contribution in [-0.4, -0.2) is 110 Å². The number of hydrogen-bond acceptors (Lipinski definition) is 4. The molecule has 8 nitrogen and oxygen atoms in total. The van der Waals surface area contributed by atoms with Gasteiger partial charge in [-0.05, 0) is 37.1 Å². The molecule has 0 aromatic heterocycles. The number of carbonyl (C=O) groups is 4. The van der Waals surface area contributed by atoms with Crippen LogP contribution in [0.5, 0.6) is 0 Å². The Labute approximate surface area is 238 Å². The van der Waals surface area contributed by atoms with Crippen LogP contribution in [-0.2, 0) is 0 Å². The molecule has 40 heavy (non-hydrogen) atoms. The molecule has 8 heteroatoms. The van der Waals surface area contributed by atoms with Gasteiger partial charge in [0.2, 0.25) is 0 Å². The number of nitrogens with zero attached hydrogens (tertiary/aromatic N) is 4. The first kappa shape index (κ1) is 29.9. The van der Waals surface area contributed by atoms with Gasteiger partial charge in [-0.3, -0.25) is 29.0 Å². The topological polar surface area (TPSA) is 74.8 Å². The van der Waals surface area contributed by atoms with Crippen LogP contribution < -0.4 is 0 Å². The van der Waals surface area contributed by atoms with Gasteiger partial charge in [0.05, 0.1) is 54.4 Å². The average molecular weight is 551 g/mol. The van der Waals surface area contributed by atoms with Crippen LogP contribution in [0.15, 0.2) is 24.3 Å². The number of hydrogen-bond donors (Lipinski definition) is 0. The van der Waals surface area contributed by atoms with Crippen LogP contribution in [0.1, 0.15) is 93.8 Å². The molecule has 216 valence electrons. The van der Waals surface area contributed by atoms with E-state index in [4.69, 9.17) is 0 Å². The Balaban J connectivity index is 1.55. The number of amides is 4. The molecule has 0 unspecified atom stereocenters. The lowest BCUT2D eigenvalue weighted by Gasteiger charge is -2.34. The SMILES string of the molecule is CCCC[N+](C)(C)CCCN1C(=O)c2ccc3c4c(ccc(c24)C1=O)C(=O)N(CCC[N+](C)(C)CCCC)C3=O. The average Bonchev–Trinajstić information content (AvgIpc) is 2.91. The predicted molar refractivity (Wildman–Crippen MR) is 157 cm³/mol. The zero-order valence-electron chi connectivity index (χ0n) is 25.2. The monoisotopic (exact) mass is 550 g/mol. The zero-order valence-corrected chi connectivity index (χ0v) is 25.2. The predicted octanol–water partition coefficient (Wildman–Crippen LogP) is 4.57. The minimum absolute atomic E-state index is 0.342. The van der Waals surface area contributed by atoms with Gasteiger partial charge >= 0.3 is 0 Å². The first-order valence-corrected chi connectivity index (χ1v) is 14.9. The third-order valence-electron chi connectivity index (χ3n) is 8.59. The maximum absolute atomic E-state index is 13.5. The van der Waals surface area contributed by atoms with Gasteiger partial charge in [-0.25, -0.2) is 0 Å².